The first-order chi connectivity index (χ1) is 10.6. The van der Waals surface area contributed by atoms with E-state index in [1.807, 2.05) is 13.8 Å². The van der Waals surface area contributed by atoms with Crippen LogP contribution in [0.3, 0.4) is 0 Å². The van der Waals surface area contributed by atoms with Gasteiger partial charge in [0, 0.05) is 5.56 Å². The first-order valence-corrected chi connectivity index (χ1v) is 8.53. The lowest BCUT2D eigenvalue weighted by Gasteiger charge is -2.18. The largest absolute Gasteiger partial charge is 0.491 e. The molecule has 0 heterocycles. The van der Waals surface area contributed by atoms with Gasteiger partial charge in [-0.25, -0.2) is 0 Å². The van der Waals surface area contributed by atoms with Gasteiger partial charge in [-0.2, -0.15) is 8.78 Å². The predicted octanol–water partition coefficient (Wildman–Crippen LogP) is 4.37. The highest BCUT2D eigenvalue weighted by atomic mass is 31.2. The fourth-order valence-corrected chi connectivity index (χ4v) is 2.51. The molecule has 2 N–H and O–H groups in total. The standard InChI is InChI=1S/C16H17F2O4P/c1-11(2)22-15-9-5-13(6-10-15)12-3-7-14(8-4-12)16(17,18)23(19,20)21/h3-11H,1-2H3,(H2,19,20,21). The van der Waals surface area contributed by atoms with Crippen molar-refractivity contribution in [3.63, 3.8) is 0 Å². The highest BCUT2D eigenvalue weighted by molar-refractivity contribution is 7.52. The van der Waals surface area contributed by atoms with Gasteiger partial charge in [-0.15, -0.1) is 0 Å². The van der Waals surface area contributed by atoms with E-state index in [4.69, 9.17) is 14.5 Å². The van der Waals surface area contributed by atoms with Crippen LogP contribution >= 0.6 is 7.60 Å². The zero-order chi connectivity index (χ0) is 17.3. The molecule has 0 bridgehead atoms. The molecule has 2 aromatic carbocycles. The Hall–Kier alpha value is -1.75. The minimum absolute atomic E-state index is 0.0509. The van der Waals surface area contributed by atoms with Gasteiger partial charge >= 0.3 is 13.3 Å². The number of ether oxygens (including phenoxy) is 1. The Balaban J connectivity index is 2.25. The van der Waals surface area contributed by atoms with Gasteiger partial charge in [0.1, 0.15) is 5.75 Å². The molecule has 0 saturated heterocycles. The second kappa shape index (κ2) is 6.40. The lowest BCUT2D eigenvalue weighted by molar-refractivity contribution is 0.0564. The van der Waals surface area contributed by atoms with E-state index in [2.05, 4.69) is 0 Å². The molecule has 4 nitrogen and oxygen atoms in total. The van der Waals surface area contributed by atoms with Gasteiger partial charge in [0.15, 0.2) is 0 Å². The van der Waals surface area contributed by atoms with Crippen LogP contribution in [0.25, 0.3) is 11.1 Å². The summed E-state index contributed by atoms with van der Waals surface area (Å²) in [6, 6.07) is 12.0. The Morgan fingerprint density at radius 3 is 1.78 bits per heavy atom. The normalized spacial score (nSPS) is 12.5. The van der Waals surface area contributed by atoms with E-state index in [9.17, 15) is 13.3 Å². The van der Waals surface area contributed by atoms with Crippen molar-refractivity contribution in [2.24, 2.45) is 0 Å². The lowest BCUT2D eigenvalue weighted by Crippen LogP contribution is -2.13. The van der Waals surface area contributed by atoms with Crippen molar-refractivity contribution >= 4 is 7.60 Å². The van der Waals surface area contributed by atoms with E-state index in [0.29, 0.717) is 11.3 Å². The van der Waals surface area contributed by atoms with Crippen molar-refractivity contribution in [3.05, 3.63) is 54.1 Å². The molecule has 0 unspecified atom stereocenters. The Bertz CT molecular complexity index is 706. The summed E-state index contributed by atoms with van der Waals surface area (Å²) in [5.41, 5.74) is -3.46. The highest BCUT2D eigenvalue weighted by Gasteiger charge is 2.50. The fraction of sp³-hybridized carbons (Fsp3) is 0.250. The molecule has 0 radical (unpaired) electrons. The molecule has 0 aliphatic heterocycles. The molecule has 2 aromatic rings. The summed E-state index contributed by atoms with van der Waals surface area (Å²) in [6.45, 7) is 3.82. The Kier molecular flexibility index (Phi) is 4.90. The van der Waals surface area contributed by atoms with E-state index < -0.39 is 18.8 Å². The summed E-state index contributed by atoms with van der Waals surface area (Å²) < 4.78 is 43.6. The zero-order valence-corrected chi connectivity index (χ0v) is 13.5. The molecule has 0 saturated carbocycles. The van der Waals surface area contributed by atoms with Crippen LogP contribution in [0.15, 0.2) is 48.5 Å². The predicted molar refractivity (Wildman–Crippen MR) is 83.6 cm³/mol. The molecule has 124 valence electrons. The average Bonchev–Trinajstić information content (AvgIpc) is 2.46. The molecule has 0 fully saturated rings. The Labute approximate surface area is 132 Å². The van der Waals surface area contributed by atoms with Gasteiger partial charge in [0.25, 0.3) is 0 Å². The van der Waals surface area contributed by atoms with Crippen LogP contribution in [0.4, 0.5) is 8.78 Å². The minimum atomic E-state index is -5.55. The third-order valence-electron chi connectivity index (χ3n) is 3.16. The molecule has 0 aliphatic rings. The molecule has 0 aliphatic carbocycles. The van der Waals surface area contributed by atoms with Crippen LogP contribution in [-0.4, -0.2) is 15.9 Å². The van der Waals surface area contributed by atoms with E-state index in [1.165, 1.54) is 12.1 Å². The second-order valence-electron chi connectivity index (χ2n) is 5.35. The molecule has 0 atom stereocenters. The molecule has 2 rings (SSSR count). The second-order valence-corrected chi connectivity index (χ2v) is 7.00. The monoisotopic (exact) mass is 342 g/mol. The van der Waals surface area contributed by atoms with Crippen molar-refractivity contribution in [1.82, 2.24) is 0 Å². The van der Waals surface area contributed by atoms with Gasteiger partial charge in [0.2, 0.25) is 0 Å². The smallest absolute Gasteiger partial charge is 0.399 e. The number of alkyl halides is 2. The van der Waals surface area contributed by atoms with Crippen LogP contribution in [0, 0.1) is 0 Å². The quantitative estimate of drug-likeness (QED) is 0.792. The highest BCUT2D eigenvalue weighted by Crippen LogP contribution is 2.59. The van der Waals surface area contributed by atoms with E-state index in [-0.39, 0.29) is 6.10 Å². The van der Waals surface area contributed by atoms with Crippen molar-refractivity contribution < 1.29 is 27.9 Å². The maximum atomic E-state index is 13.6. The van der Waals surface area contributed by atoms with Crippen molar-refractivity contribution in [2.45, 2.75) is 25.6 Å². The molecule has 0 aromatic heterocycles. The minimum Gasteiger partial charge on any atom is -0.491 e. The van der Waals surface area contributed by atoms with Crippen LogP contribution in [-0.2, 0) is 10.2 Å². The van der Waals surface area contributed by atoms with Crippen LogP contribution in [0.5, 0.6) is 5.75 Å². The number of hydrogen-bond acceptors (Lipinski definition) is 2. The Morgan fingerprint density at radius 1 is 0.957 bits per heavy atom. The van der Waals surface area contributed by atoms with Crippen LogP contribution < -0.4 is 4.74 Å². The summed E-state index contributed by atoms with van der Waals surface area (Å²) in [5.74, 6) is 0.702. The molecule has 0 spiro atoms. The fourth-order valence-electron chi connectivity index (χ4n) is 2.03. The van der Waals surface area contributed by atoms with E-state index in [1.54, 1.807) is 24.3 Å². The summed E-state index contributed by atoms with van der Waals surface area (Å²) in [5, 5.41) is 0. The van der Waals surface area contributed by atoms with Gasteiger partial charge < -0.3 is 14.5 Å². The summed E-state index contributed by atoms with van der Waals surface area (Å²) >= 11 is 0. The average molecular weight is 342 g/mol. The molecule has 7 heteroatoms. The van der Waals surface area contributed by atoms with Gasteiger partial charge in [0.05, 0.1) is 6.10 Å². The lowest BCUT2D eigenvalue weighted by atomic mass is 10.0. The van der Waals surface area contributed by atoms with Crippen molar-refractivity contribution in [1.29, 1.82) is 0 Å². The number of halogens is 2. The number of hydrogen-bond donors (Lipinski definition) is 2. The first-order valence-electron chi connectivity index (χ1n) is 6.92. The van der Waals surface area contributed by atoms with Gasteiger partial charge in [-0.3, -0.25) is 4.57 Å². The van der Waals surface area contributed by atoms with Crippen molar-refractivity contribution in [3.8, 4) is 16.9 Å². The summed E-state index contributed by atoms with van der Waals surface area (Å²) in [7, 11) is -5.55. The summed E-state index contributed by atoms with van der Waals surface area (Å²) in [4.78, 5) is 17.5. The topological polar surface area (TPSA) is 66.8 Å². The molecule has 23 heavy (non-hydrogen) atoms. The van der Waals surface area contributed by atoms with Gasteiger partial charge in [-0.05, 0) is 37.1 Å². The molecular formula is C16H17F2O4P. The van der Waals surface area contributed by atoms with Crippen LogP contribution in [0.1, 0.15) is 19.4 Å². The third-order valence-corrected chi connectivity index (χ3v) is 4.15. The molecular weight excluding hydrogens is 325 g/mol. The maximum Gasteiger partial charge on any atom is 0.399 e. The maximum absolute atomic E-state index is 13.6. The molecule has 0 amide bonds. The van der Waals surface area contributed by atoms with Crippen LogP contribution in [0.2, 0.25) is 0 Å². The zero-order valence-electron chi connectivity index (χ0n) is 12.6. The number of rotatable bonds is 5. The van der Waals surface area contributed by atoms with E-state index >= 15 is 0 Å². The third kappa shape index (κ3) is 3.96. The first kappa shape index (κ1) is 17.6. The van der Waals surface area contributed by atoms with E-state index in [0.717, 1.165) is 17.7 Å². The SMILES string of the molecule is CC(C)Oc1ccc(-c2ccc(C(F)(F)P(=O)(O)O)cc2)cc1. The van der Waals surface area contributed by atoms with Gasteiger partial charge in [-0.1, -0.05) is 36.4 Å². The van der Waals surface area contributed by atoms with Crippen molar-refractivity contribution in [2.75, 3.05) is 0 Å². The Morgan fingerprint density at radius 2 is 1.39 bits per heavy atom. The number of benzene rings is 2. The summed E-state index contributed by atoms with van der Waals surface area (Å²) in [6.07, 6.45) is 0.0509.